The molecule has 3 N–H and O–H groups in total. The molecule has 0 radical (unpaired) electrons. The van der Waals surface area contributed by atoms with Crippen LogP contribution in [0.3, 0.4) is 0 Å². The van der Waals surface area contributed by atoms with Gasteiger partial charge in [-0.2, -0.15) is 0 Å². The molecule has 1 aliphatic carbocycles. The number of nitrogens with one attached hydrogen (secondary N) is 1. The van der Waals surface area contributed by atoms with Crippen LogP contribution in [0.5, 0.6) is 0 Å². The number of amidine groups is 1. The molecule has 0 aromatic rings. The molecule has 1 fully saturated rings. The molecular formula is C20H28N4O2. The van der Waals surface area contributed by atoms with Crippen molar-refractivity contribution in [3.8, 4) is 0 Å². The van der Waals surface area contributed by atoms with Crippen molar-refractivity contribution >= 4 is 12.1 Å². The number of allylic oxidation sites excluding steroid dienone is 2. The van der Waals surface area contributed by atoms with Gasteiger partial charge < -0.3 is 10.2 Å². The summed E-state index contributed by atoms with van der Waals surface area (Å²) in [5, 5.41) is 0. The van der Waals surface area contributed by atoms with E-state index in [2.05, 4.69) is 16.9 Å². The second-order valence-electron chi connectivity index (χ2n) is 7.19. The molecule has 3 rings (SSSR count). The van der Waals surface area contributed by atoms with Crippen molar-refractivity contribution in [1.29, 1.82) is 0 Å². The zero-order valence-corrected chi connectivity index (χ0v) is 15.6. The number of aliphatic imine (C=N–C) groups is 1. The van der Waals surface area contributed by atoms with Gasteiger partial charge in [-0.25, -0.2) is 5.84 Å². The quantitative estimate of drug-likeness (QED) is 0.454. The number of carbonyl (C=O) groups excluding carboxylic acids is 1. The maximum absolute atomic E-state index is 11.4. The summed E-state index contributed by atoms with van der Waals surface area (Å²) >= 11 is 0. The Labute approximate surface area is 155 Å². The van der Waals surface area contributed by atoms with E-state index in [4.69, 9.17) is 15.6 Å². The summed E-state index contributed by atoms with van der Waals surface area (Å²) in [7, 11) is 0. The van der Waals surface area contributed by atoms with Gasteiger partial charge in [-0.3, -0.25) is 14.7 Å². The topological polar surface area (TPSA) is 80.0 Å². The van der Waals surface area contributed by atoms with Gasteiger partial charge in [0, 0.05) is 43.3 Å². The van der Waals surface area contributed by atoms with E-state index in [-0.39, 0.29) is 12.0 Å². The van der Waals surface area contributed by atoms with Gasteiger partial charge in [-0.1, -0.05) is 18.7 Å². The summed E-state index contributed by atoms with van der Waals surface area (Å²) in [6, 6.07) is -0.0360. The normalized spacial score (nSPS) is 27.0. The van der Waals surface area contributed by atoms with E-state index < -0.39 is 0 Å². The highest BCUT2D eigenvalue weighted by molar-refractivity contribution is 6.03. The molecule has 3 aliphatic rings. The van der Waals surface area contributed by atoms with Crippen molar-refractivity contribution in [1.82, 2.24) is 10.3 Å². The van der Waals surface area contributed by atoms with Crippen molar-refractivity contribution < 1.29 is 9.53 Å². The van der Waals surface area contributed by atoms with Crippen LogP contribution in [0.4, 0.5) is 0 Å². The third-order valence-corrected chi connectivity index (χ3v) is 5.21. The lowest BCUT2D eigenvalue weighted by Gasteiger charge is -2.37. The largest absolute Gasteiger partial charge is 0.380 e. The standard InChI is InChI=1S/C20H28N4O2/c1-13(2)18-17(11-24-5-4-7-26-8-6-24)16-10-15(12-25)9-14(3)19(16)22-20(18)23-21/h9-10,12,16,19H,1,4-8,11,21H2,2-3H3,(H,22,23). The molecule has 26 heavy (non-hydrogen) atoms. The fraction of sp³-hybridized carbons (Fsp3) is 0.500. The number of rotatable bonds is 4. The summed E-state index contributed by atoms with van der Waals surface area (Å²) in [5.74, 6) is 6.52. The van der Waals surface area contributed by atoms with E-state index in [1.807, 2.05) is 26.0 Å². The van der Waals surface area contributed by atoms with Crippen molar-refractivity contribution in [2.45, 2.75) is 26.3 Å². The van der Waals surface area contributed by atoms with E-state index in [1.165, 1.54) is 5.57 Å². The van der Waals surface area contributed by atoms with Crippen LogP contribution in [0.2, 0.25) is 0 Å². The van der Waals surface area contributed by atoms with E-state index in [0.29, 0.717) is 11.4 Å². The van der Waals surface area contributed by atoms with Crippen molar-refractivity contribution in [2.24, 2.45) is 16.8 Å². The SMILES string of the molecule is C=C(C)C1=C(CN2CCCOCC2)C2C=C(C=O)C=C(C)C2N=C1NN. The van der Waals surface area contributed by atoms with E-state index in [9.17, 15) is 4.79 Å². The maximum Gasteiger partial charge on any atom is 0.149 e. The van der Waals surface area contributed by atoms with Crippen molar-refractivity contribution in [3.05, 3.63) is 46.6 Å². The highest BCUT2D eigenvalue weighted by Gasteiger charge is 2.35. The minimum Gasteiger partial charge on any atom is -0.380 e. The van der Waals surface area contributed by atoms with Gasteiger partial charge >= 0.3 is 0 Å². The first-order valence-corrected chi connectivity index (χ1v) is 9.14. The van der Waals surface area contributed by atoms with Gasteiger partial charge in [-0.05, 0) is 37.0 Å². The predicted octanol–water partition coefficient (Wildman–Crippen LogP) is 1.53. The Morgan fingerprint density at radius 3 is 3.00 bits per heavy atom. The van der Waals surface area contributed by atoms with Gasteiger partial charge in [0.25, 0.3) is 0 Å². The lowest BCUT2D eigenvalue weighted by molar-refractivity contribution is -0.104. The molecule has 0 aromatic heterocycles. The van der Waals surface area contributed by atoms with Gasteiger partial charge in [-0.15, -0.1) is 0 Å². The number of nitrogens with two attached hydrogens (primary N) is 1. The Morgan fingerprint density at radius 1 is 1.50 bits per heavy atom. The zero-order chi connectivity index (χ0) is 18.7. The second kappa shape index (κ2) is 8.12. The molecule has 140 valence electrons. The molecule has 6 heteroatoms. The molecule has 2 unspecified atom stereocenters. The van der Waals surface area contributed by atoms with Crippen LogP contribution in [-0.2, 0) is 9.53 Å². The molecule has 0 amide bonds. The lowest BCUT2D eigenvalue weighted by Crippen LogP contribution is -2.43. The fourth-order valence-corrected chi connectivity index (χ4v) is 4.01. The number of hydrogen-bond acceptors (Lipinski definition) is 6. The molecule has 0 spiro atoms. The number of dihydropyridines is 1. The van der Waals surface area contributed by atoms with Gasteiger partial charge in [0.2, 0.25) is 0 Å². The van der Waals surface area contributed by atoms with Gasteiger partial charge in [0.05, 0.1) is 12.6 Å². The third kappa shape index (κ3) is 3.72. The molecule has 0 bridgehead atoms. The first kappa shape index (κ1) is 18.8. The smallest absolute Gasteiger partial charge is 0.149 e. The molecule has 2 heterocycles. The number of hydrogen-bond donors (Lipinski definition) is 2. The highest BCUT2D eigenvalue weighted by Crippen LogP contribution is 2.37. The Hall–Kier alpha value is -2.02. The Morgan fingerprint density at radius 2 is 2.31 bits per heavy atom. The van der Waals surface area contributed by atoms with Crippen LogP contribution in [0.15, 0.2) is 51.6 Å². The summed E-state index contributed by atoms with van der Waals surface area (Å²) < 4.78 is 5.59. The predicted molar refractivity (Wildman–Crippen MR) is 104 cm³/mol. The van der Waals surface area contributed by atoms with E-state index in [0.717, 1.165) is 62.3 Å². The Bertz CT molecular complexity index is 709. The molecule has 6 nitrogen and oxygen atoms in total. The first-order chi connectivity index (χ1) is 12.5. The van der Waals surface area contributed by atoms with Gasteiger partial charge in [0.15, 0.2) is 0 Å². The number of ether oxygens (including phenoxy) is 1. The Kier molecular flexibility index (Phi) is 5.86. The van der Waals surface area contributed by atoms with Crippen molar-refractivity contribution in [2.75, 3.05) is 32.8 Å². The fourth-order valence-electron chi connectivity index (χ4n) is 4.01. The molecule has 0 saturated carbocycles. The van der Waals surface area contributed by atoms with E-state index >= 15 is 0 Å². The number of carbonyl (C=O) groups is 1. The summed E-state index contributed by atoms with van der Waals surface area (Å²) in [6.07, 6.45) is 5.88. The van der Waals surface area contributed by atoms with Crippen molar-refractivity contribution in [3.63, 3.8) is 0 Å². The third-order valence-electron chi connectivity index (χ3n) is 5.21. The molecule has 0 aromatic carbocycles. The van der Waals surface area contributed by atoms with Gasteiger partial charge in [0.1, 0.15) is 12.1 Å². The first-order valence-electron chi connectivity index (χ1n) is 9.14. The highest BCUT2D eigenvalue weighted by atomic mass is 16.5. The van der Waals surface area contributed by atoms with Crippen LogP contribution in [0.25, 0.3) is 0 Å². The van der Waals surface area contributed by atoms with Crippen LogP contribution in [0.1, 0.15) is 20.3 Å². The molecule has 1 saturated heterocycles. The molecule has 2 aliphatic heterocycles. The Balaban J connectivity index is 2.04. The molecular weight excluding hydrogens is 328 g/mol. The van der Waals surface area contributed by atoms with Crippen LogP contribution in [0, 0.1) is 5.92 Å². The van der Waals surface area contributed by atoms with E-state index in [1.54, 1.807) is 0 Å². The number of nitrogens with zero attached hydrogens (tertiary/aromatic N) is 2. The van der Waals surface area contributed by atoms with Crippen LogP contribution < -0.4 is 11.3 Å². The maximum atomic E-state index is 11.4. The summed E-state index contributed by atoms with van der Waals surface area (Å²) in [5.41, 5.74) is 7.68. The average molecular weight is 356 g/mol. The average Bonchev–Trinajstić information content (AvgIpc) is 2.89. The zero-order valence-electron chi connectivity index (χ0n) is 15.6. The van der Waals surface area contributed by atoms with Crippen LogP contribution in [-0.4, -0.2) is 55.9 Å². The summed E-state index contributed by atoms with van der Waals surface area (Å²) in [4.78, 5) is 18.6. The number of hydrazine groups is 1. The minimum atomic E-state index is -0.0360. The van der Waals surface area contributed by atoms with Crippen LogP contribution >= 0.6 is 0 Å². The minimum absolute atomic E-state index is 0.0360. The number of aldehydes is 1. The lowest BCUT2D eigenvalue weighted by atomic mass is 9.76. The summed E-state index contributed by atoms with van der Waals surface area (Å²) in [6.45, 7) is 12.4. The number of fused-ring (bicyclic) bond motifs is 1. The molecule has 2 atom stereocenters. The monoisotopic (exact) mass is 356 g/mol. The second-order valence-corrected chi connectivity index (χ2v) is 7.19.